The predicted molar refractivity (Wildman–Crippen MR) is 399 cm³/mol. The first-order chi connectivity index (χ1) is 48.4. The lowest BCUT2D eigenvalue weighted by molar-refractivity contribution is 1.07. The molecule has 3 heterocycles. The molecule has 454 valence electrons. The van der Waals surface area contributed by atoms with Crippen LogP contribution in [0.25, 0.3) is 172 Å². The monoisotopic (exact) mass is 1250 g/mol. The van der Waals surface area contributed by atoms with Crippen LogP contribution in [0.4, 0.5) is 5.69 Å². The Morgan fingerprint density at radius 3 is 1.03 bits per heavy atom. The Labute approximate surface area is 566 Å². The molecular formula is C90H54N8. The third kappa shape index (κ3) is 10.6. The number of hydrogen-bond donors (Lipinski definition) is 0. The standard InChI is InChI=1S/C90H54N8/c1-93-83-32-17-16-31-78(83)72-47-74(51-76(49-72)98-86-43-39-68(61-24-10-4-11-25-61)54-81(86)82-55-69(40-44-87(82)98)62-26-12-5-13-27-62)90-95-88(64-35-33-63(34-36-64)65-29-18-19-58(45-65)56-91)94-89(96-90)73-46-71(77-30-15-14-28-70(77)57-92)48-75(50-73)97-84-41-37-66(59-20-6-2-7-21-59)52-79(84)80-53-67(38-42-85(80)97)60-22-8-3-9-23-60/h2-55H. The minimum Gasteiger partial charge on any atom is -0.309 e. The first kappa shape index (κ1) is 58.0. The number of aromatic nitrogens is 5. The fraction of sp³-hybridized carbons (Fsp3) is 0. The van der Waals surface area contributed by atoms with Gasteiger partial charge in [0.2, 0.25) is 0 Å². The van der Waals surface area contributed by atoms with Crippen LogP contribution in [0.15, 0.2) is 328 Å². The first-order valence-corrected chi connectivity index (χ1v) is 32.4. The average Bonchev–Trinajstić information content (AvgIpc) is 1.56. The molecule has 0 aliphatic heterocycles. The van der Waals surface area contributed by atoms with Crippen LogP contribution in [0.5, 0.6) is 0 Å². The van der Waals surface area contributed by atoms with E-state index in [1.165, 1.54) is 0 Å². The molecule has 0 fully saturated rings. The Morgan fingerprint density at radius 2 is 0.602 bits per heavy atom. The summed E-state index contributed by atoms with van der Waals surface area (Å²) >= 11 is 0. The van der Waals surface area contributed by atoms with Crippen molar-refractivity contribution in [3.8, 4) is 136 Å². The SMILES string of the molecule is [C-]#[N+]c1ccccc1-c1cc(-c2nc(-c3ccc(-c4cccc(C#N)c4)cc3)nc(-c3cc(-c4ccccc4C#N)cc(-n4c5ccc(-c6ccccc6)cc5c5cc(-c6ccccc6)ccc54)c3)n2)cc(-n2c3ccc(-c4ccccc4)cc3c3cc(-c4ccccc4)ccc32)c1. The van der Waals surface area contributed by atoms with Gasteiger partial charge in [-0.15, -0.1) is 0 Å². The molecule has 17 aromatic rings. The summed E-state index contributed by atoms with van der Waals surface area (Å²) in [5.74, 6) is 1.23. The number of rotatable bonds is 12. The second kappa shape index (κ2) is 24.6. The van der Waals surface area contributed by atoms with Crippen molar-refractivity contribution in [2.45, 2.75) is 0 Å². The molecule has 0 N–H and O–H groups in total. The maximum atomic E-state index is 10.8. The molecule has 3 aromatic heterocycles. The summed E-state index contributed by atoms with van der Waals surface area (Å²) in [5.41, 5.74) is 23.3. The van der Waals surface area contributed by atoms with Crippen molar-refractivity contribution in [3.05, 3.63) is 350 Å². The summed E-state index contributed by atoms with van der Waals surface area (Å²) < 4.78 is 4.64. The van der Waals surface area contributed by atoms with E-state index < -0.39 is 0 Å². The maximum Gasteiger partial charge on any atom is 0.194 e. The highest BCUT2D eigenvalue weighted by molar-refractivity contribution is 6.13. The van der Waals surface area contributed by atoms with Gasteiger partial charge < -0.3 is 9.13 Å². The van der Waals surface area contributed by atoms with Gasteiger partial charge in [-0.05, 0) is 181 Å². The van der Waals surface area contributed by atoms with E-state index in [-0.39, 0.29) is 0 Å². The summed E-state index contributed by atoms with van der Waals surface area (Å²) in [7, 11) is 0. The average molecular weight is 1250 g/mol. The van der Waals surface area contributed by atoms with Gasteiger partial charge in [-0.3, -0.25) is 0 Å². The topological polar surface area (TPSA) is 100 Å². The molecule has 0 unspecified atom stereocenters. The highest BCUT2D eigenvalue weighted by atomic mass is 15.0. The Kier molecular flexibility index (Phi) is 14.5. The van der Waals surface area contributed by atoms with Crippen molar-refractivity contribution in [2.75, 3.05) is 0 Å². The molecule has 0 spiro atoms. The van der Waals surface area contributed by atoms with Gasteiger partial charge in [0.25, 0.3) is 0 Å². The van der Waals surface area contributed by atoms with Gasteiger partial charge in [-0.2, -0.15) is 10.5 Å². The normalized spacial score (nSPS) is 11.2. The van der Waals surface area contributed by atoms with E-state index >= 15 is 0 Å². The van der Waals surface area contributed by atoms with Crippen molar-refractivity contribution in [1.82, 2.24) is 24.1 Å². The second-order valence-electron chi connectivity index (χ2n) is 24.5. The molecule has 8 nitrogen and oxygen atoms in total. The molecule has 0 aliphatic carbocycles. The van der Waals surface area contributed by atoms with E-state index in [9.17, 15) is 10.5 Å². The Balaban J connectivity index is 0.925. The van der Waals surface area contributed by atoms with Crippen molar-refractivity contribution >= 4 is 49.3 Å². The largest absolute Gasteiger partial charge is 0.309 e. The highest BCUT2D eigenvalue weighted by Gasteiger charge is 2.23. The molecule has 0 saturated carbocycles. The van der Waals surface area contributed by atoms with Gasteiger partial charge in [0, 0.05) is 49.6 Å². The van der Waals surface area contributed by atoms with Crippen LogP contribution >= 0.6 is 0 Å². The van der Waals surface area contributed by atoms with Crippen LogP contribution in [0.2, 0.25) is 0 Å². The van der Waals surface area contributed by atoms with Gasteiger partial charge in [-0.1, -0.05) is 224 Å². The van der Waals surface area contributed by atoms with Crippen LogP contribution in [-0.2, 0) is 0 Å². The van der Waals surface area contributed by atoms with E-state index in [4.69, 9.17) is 21.5 Å². The fourth-order valence-corrected chi connectivity index (χ4v) is 13.9. The number of benzene rings is 14. The molecule has 14 aromatic carbocycles. The molecule has 8 heteroatoms. The van der Waals surface area contributed by atoms with Crippen LogP contribution < -0.4 is 0 Å². The third-order valence-electron chi connectivity index (χ3n) is 18.6. The summed E-state index contributed by atoms with van der Waals surface area (Å²) in [6.45, 7) is 8.49. The number of nitriles is 2. The number of nitrogens with zero attached hydrogens (tertiary/aromatic N) is 8. The van der Waals surface area contributed by atoms with Crippen LogP contribution in [0.1, 0.15) is 11.1 Å². The summed E-state index contributed by atoms with van der Waals surface area (Å²) in [5, 5.41) is 25.1. The molecular weight excluding hydrogens is 1190 g/mol. The maximum absolute atomic E-state index is 10.8. The van der Waals surface area contributed by atoms with Crippen molar-refractivity contribution < 1.29 is 0 Å². The minimum atomic E-state index is 0.402. The van der Waals surface area contributed by atoms with E-state index in [1.54, 1.807) is 6.07 Å². The van der Waals surface area contributed by atoms with Crippen molar-refractivity contribution in [3.63, 3.8) is 0 Å². The molecule has 98 heavy (non-hydrogen) atoms. The smallest absolute Gasteiger partial charge is 0.194 e. The third-order valence-corrected chi connectivity index (χ3v) is 18.6. The molecule has 0 bridgehead atoms. The summed E-state index contributed by atoms with van der Waals surface area (Å²) in [6, 6.07) is 118. The number of para-hydroxylation sites is 1. The van der Waals surface area contributed by atoms with Crippen molar-refractivity contribution in [1.29, 1.82) is 10.5 Å². The number of hydrogen-bond acceptors (Lipinski definition) is 5. The van der Waals surface area contributed by atoms with Gasteiger partial charge in [0.1, 0.15) is 0 Å². The predicted octanol–water partition coefficient (Wildman–Crippen LogP) is 23.0. The molecule has 0 radical (unpaired) electrons. The van der Waals surface area contributed by atoms with Crippen LogP contribution in [0.3, 0.4) is 0 Å². The first-order valence-electron chi connectivity index (χ1n) is 32.4. The van der Waals surface area contributed by atoms with Gasteiger partial charge in [0.15, 0.2) is 23.2 Å². The lowest BCUT2D eigenvalue weighted by atomic mass is 9.97. The van der Waals surface area contributed by atoms with E-state index in [1.807, 2.05) is 115 Å². The van der Waals surface area contributed by atoms with E-state index in [0.29, 0.717) is 45.4 Å². The molecule has 17 rings (SSSR count). The molecule has 0 saturated heterocycles. The van der Waals surface area contributed by atoms with Gasteiger partial charge >= 0.3 is 0 Å². The lowest BCUT2D eigenvalue weighted by Crippen LogP contribution is -2.03. The van der Waals surface area contributed by atoms with Crippen molar-refractivity contribution in [2.24, 2.45) is 0 Å². The summed E-state index contributed by atoms with van der Waals surface area (Å²) in [6.07, 6.45) is 0. The number of fused-ring (bicyclic) bond motifs is 6. The van der Waals surface area contributed by atoms with E-state index in [0.717, 1.165) is 138 Å². The van der Waals surface area contributed by atoms with Gasteiger partial charge in [0.05, 0.1) is 51.9 Å². The molecule has 0 atom stereocenters. The fourth-order valence-electron chi connectivity index (χ4n) is 13.9. The highest BCUT2D eigenvalue weighted by Crippen LogP contribution is 2.44. The minimum absolute atomic E-state index is 0.402. The Bertz CT molecular complexity index is 5610. The quantitative estimate of drug-likeness (QED) is 0.113. The Morgan fingerprint density at radius 1 is 0.265 bits per heavy atom. The zero-order valence-corrected chi connectivity index (χ0v) is 52.8. The van der Waals surface area contributed by atoms with E-state index in [2.05, 4.69) is 232 Å². The van der Waals surface area contributed by atoms with Gasteiger partial charge in [-0.25, -0.2) is 19.8 Å². The summed E-state index contributed by atoms with van der Waals surface area (Å²) in [4.78, 5) is 20.7. The zero-order valence-electron chi connectivity index (χ0n) is 52.8. The van der Waals surface area contributed by atoms with Crippen LogP contribution in [0, 0.1) is 29.2 Å². The second-order valence-corrected chi connectivity index (χ2v) is 24.5. The molecule has 0 aliphatic rings. The molecule has 0 amide bonds. The zero-order chi connectivity index (χ0) is 65.6. The van der Waals surface area contributed by atoms with Crippen LogP contribution in [-0.4, -0.2) is 24.1 Å². The lowest BCUT2D eigenvalue weighted by Gasteiger charge is -2.16. The Hall–Kier alpha value is -13.8.